The zero-order valence-electron chi connectivity index (χ0n) is 13.3. The number of thiocarbonyl (C=S) groups is 1. The predicted molar refractivity (Wildman–Crippen MR) is 96.3 cm³/mol. The van der Waals surface area contributed by atoms with E-state index >= 15 is 0 Å². The molecular formula is C17H18NO4S2-. The molecule has 1 aromatic rings. The molecule has 2 rings (SSSR count). The minimum atomic E-state index is -1.04. The molecule has 1 saturated heterocycles. The Morgan fingerprint density at radius 2 is 2.08 bits per heavy atom. The maximum atomic E-state index is 12.5. The fourth-order valence-corrected chi connectivity index (χ4v) is 3.64. The average molecular weight is 364 g/mol. The van der Waals surface area contributed by atoms with E-state index in [1.807, 2.05) is 24.3 Å². The standard InChI is InChI=1S/C17H19NO4S2/c1-22-13-8-5-4-7-12(13)11-14-16(21)18(17(23)24-14)10-6-2-3-9-15(19)20/h4-5,7-8,11H,2-3,6,9-10H2,1H3,(H,19,20)/p-1. The number of nitrogens with zero attached hydrogens (tertiary/aromatic N) is 1. The average Bonchev–Trinajstić information content (AvgIpc) is 2.82. The monoisotopic (exact) mass is 364 g/mol. The first-order chi connectivity index (χ1) is 11.5. The Bertz CT molecular complexity index is 672. The Hall–Kier alpha value is -1.86. The number of aliphatic carboxylic acids is 1. The van der Waals surface area contributed by atoms with Crippen molar-refractivity contribution in [1.29, 1.82) is 0 Å². The minimum absolute atomic E-state index is 0.0477. The van der Waals surface area contributed by atoms with Crippen LogP contribution < -0.4 is 9.84 Å². The van der Waals surface area contributed by atoms with Crippen molar-refractivity contribution in [2.24, 2.45) is 0 Å². The Morgan fingerprint density at radius 1 is 1.33 bits per heavy atom. The molecule has 7 heteroatoms. The molecule has 1 fully saturated rings. The predicted octanol–water partition coefficient (Wildman–Crippen LogP) is 2.21. The molecule has 1 heterocycles. The van der Waals surface area contributed by atoms with Gasteiger partial charge in [-0.3, -0.25) is 9.69 Å². The molecule has 128 valence electrons. The zero-order valence-corrected chi connectivity index (χ0v) is 15.0. The Kier molecular flexibility index (Phi) is 6.81. The maximum absolute atomic E-state index is 12.5. The van der Waals surface area contributed by atoms with Gasteiger partial charge in [-0.15, -0.1) is 0 Å². The van der Waals surface area contributed by atoms with Gasteiger partial charge < -0.3 is 14.6 Å². The van der Waals surface area contributed by atoms with Gasteiger partial charge in [0.15, 0.2) is 0 Å². The second-order valence-corrected chi connectivity index (χ2v) is 6.93. The first-order valence-corrected chi connectivity index (χ1v) is 8.83. The van der Waals surface area contributed by atoms with Gasteiger partial charge in [0.25, 0.3) is 5.91 Å². The summed E-state index contributed by atoms with van der Waals surface area (Å²) in [5.41, 5.74) is 0.828. The summed E-state index contributed by atoms with van der Waals surface area (Å²) in [6, 6.07) is 7.47. The number of para-hydroxylation sites is 1. The lowest BCUT2D eigenvalue weighted by Crippen LogP contribution is -2.29. The highest BCUT2D eigenvalue weighted by atomic mass is 32.2. The number of amides is 1. The van der Waals surface area contributed by atoms with Gasteiger partial charge in [-0.2, -0.15) is 0 Å². The molecular weight excluding hydrogens is 346 g/mol. The number of methoxy groups -OCH3 is 1. The number of hydrogen-bond acceptors (Lipinski definition) is 6. The molecule has 5 nitrogen and oxygen atoms in total. The van der Waals surface area contributed by atoms with E-state index in [9.17, 15) is 14.7 Å². The van der Waals surface area contributed by atoms with Crippen LogP contribution in [0.4, 0.5) is 0 Å². The van der Waals surface area contributed by atoms with Gasteiger partial charge >= 0.3 is 0 Å². The van der Waals surface area contributed by atoms with Gasteiger partial charge in [-0.05, 0) is 31.4 Å². The molecule has 1 aliphatic heterocycles. The summed E-state index contributed by atoms with van der Waals surface area (Å²) >= 11 is 6.56. The number of ether oxygens (including phenoxy) is 1. The lowest BCUT2D eigenvalue weighted by atomic mass is 10.1. The number of hydrogen-bond donors (Lipinski definition) is 0. The van der Waals surface area contributed by atoms with Gasteiger partial charge in [0.05, 0.1) is 12.0 Å². The van der Waals surface area contributed by atoms with Crippen LogP contribution in [0.1, 0.15) is 31.2 Å². The number of carboxylic acids is 1. The van der Waals surface area contributed by atoms with Crippen molar-refractivity contribution in [3.8, 4) is 5.75 Å². The Morgan fingerprint density at radius 3 is 2.79 bits per heavy atom. The van der Waals surface area contributed by atoms with E-state index in [1.165, 1.54) is 11.8 Å². The summed E-state index contributed by atoms with van der Waals surface area (Å²) in [5.74, 6) is -0.457. The van der Waals surface area contributed by atoms with Gasteiger partial charge in [0.2, 0.25) is 0 Å². The highest BCUT2D eigenvalue weighted by Gasteiger charge is 2.31. The van der Waals surface area contributed by atoms with Crippen molar-refractivity contribution in [1.82, 2.24) is 4.90 Å². The molecule has 0 saturated carbocycles. The van der Waals surface area contributed by atoms with E-state index in [4.69, 9.17) is 17.0 Å². The normalized spacial score (nSPS) is 16.0. The van der Waals surface area contributed by atoms with E-state index in [1.54, 1.807) is 18.1 Å². The fourth-order valence-electron chi connectivity index (χ4n) is 2.34. The molecule has 1 amide bonds. The van der Waals surface area contributed by atoms with Gasteiger partial charge in [0.1, 0.15) is 10.1 Å². The summed E-state index contributed by atoms with van der Waals surface area (Å²) in [7, 11) is 1.59. The highest BCUT2D eigenvalue weighted by molar-refractivity contribution is 8.26. The summed E-state index contributed by atoms with van der Waals surface area (Å²) in [6.45, 7) is 0.501. The lowest BCUT2D eigenvalue weighted by molar-refractivity contribution is -0.305. The number of carboxylic acid groups (broad SMARTS) is 1. The van der Waals surface area contributed by atoms with Crippen LogP contribution in [0.25, 0.3) is 6.08 Å². The summed E-state index contributed by atoms with van der Waals surface area (Å²) in [5, 5.41) is 10.4. The third-order valence-corrected chi connectivity index (χ3v) is 4.94. The second-order valence-electron chi connectivity index (χ2n) is 5.26. The first-order valence-electron chi connectivity index (χ1n) is 7.61. The third kappa shape index (κ3) is 4.82. The van der Waals surface area contributed by atoms with Crippen LogP contribution in [0, 0.1) is 0 Å². The van der Waals surface area contributed by atoms with Gasteiger partial charge in [-0.25, -0.2) is 0 Å². The Balaban J connectivity index is 1.98. The van der Waals surface area contributed by atoms with E-state index in [2.05, 4.69) is 0 Å². The van der Waals surface area contributed by atoms with Crippen molar-refractivity contribution in [3.05, 3.63) is 34.7 Å². The van der Waals surface area contributed by atoms with E-state index in [0.29, 0.717) is 34.4 Å². The largest absolute Gasteiger partial charge is 0.550 e. The van der Waals surface area contributed by atoms with Crippen molar-refractivity contribution in [2.45, 2.75) is 25.7 Å². The summed E-state index contributed by atoms with van der Waals surface area (Å²) in [4.78, 5) is 25.0. The van der Waals surface area contributed by atoms with Crippen LogP contribution in [-0.4, -0.2) is 34.8 Å². The highest BCUT2D eigenvalue weighted by Crippen LogP contribution is 2.34. The van der Waals surface area contributed by atoms with Crippen molar-refractivity contribution in [3.63, 3.8) is 0 Å². The quantitative estimate of drug-likeness (QED) is 0.400. The molecule has 0 aromatic heterocycles. The smallest absolute Gasteiger partial charge is 0.266 e. The van der Waals surface area contributed by atoms with Crippen LogP contribution in [0.2, 0.25) is 0 Å². The molecule has 0 spiro atoms. The van der Waals surface area contributed by atoms with Crippen LogP contribution >= 0.6 is 24.0 Å². The van der Waals surface area contributed by atoms with Gasteiger partial charge in [-0.1, -0.05) is 48.6 Å². The van der Waals surface area contributed by atoms with Crippen LogP contribution in [-0.2, 0) is 9.59 Å². The topological polar surface area (TPSA) is 69.7 Å². The summed E-state index contributed by atoms with van der Waals surface area (Å²) < 4.78 is 5.82. The number of benzene rings is 1. The van der Waals surface area contributed by atoms with Crippen LogP contribution in [0.5, 0.6) is 5.75 Å². The molecule has 0 aliphatic carbocycles. The number of carbonyl (C=O) groups excluding carboxylic acids is 2. The zero-order chi connectivity index (χ0) is 17.5. The van der Waals surface area contributed by atoms with Crippen molar-refractivity contribution in [2.75, 3.05) is 13.7 Å². The van der Waals surface area contributed by atoms with E-state index in [-0.39, 0.29) is 12.3 Å². The van der Waals surface area contributed by atoms with Crippen LogP contribution in [0.15, 0.2) is 29.2 Å². The van der Waals surface area contributed by atoms with Crippen molar-refractivity contribution >= 4 is 46.3 Å². The fraction of sp³-hybridized carbons (Fsp3) is 0.353. The molecule has 0 radical (unpaired) electrons. The maximum Gasteiger partial charge on any atom is 0.266 e. The molecule has 1 aromatic carbocycles. The number of unbranched alkanes of at least 4 members (excludes halogenated alkanes) is 2. The van der Waals surface area contributed by atoms with E-state index < -0.39 is 5.97 Å². The van der Waals surface area contributed by atoms with Crippen LogP contribution in [0.3, 0.4) is 0 Å². The molecule has 24 heavy (non-hydrogen) atoms. The molecule has 0 unspecified atom stereocenters. The Labute approximate surface area is 150 Å². The minimum Gasteiger partial charge on any atom is -0.550 e. The summed E-state index contributed by atoms with van der Waals surface area (Å²) in [6.07, 6.45) is 3.81. The van der Waals surface area contributed by atoms with Gasteiger partial charge in [0, 0.05) is 18.1 Å². The number of carbonyl (C=O) groups is 2. The number of thioether (sulfide) groups is 1. The van der Waals surface area contributed by atoms with Crippen molar-refractivity contribution < 1.29 is 19.4 Å². The first kappa shape index (κ1) is 18.5. The number of rotatable bonds is 8. The lowest BCUT2D eigenvalue weighted by Gasteiger charge is -2.14. The molecule has 1 aliphatic rings. The van der Waals surface area contributed by atoms with E-state index in [0.717, 1.165) is 12.0 Å². The molecule has 0 bridgehead atoms. The molecule has 0 atom stereocenters. The SMILES string of the molecule is COc1ccccc1C=C1SC(=S)N(CCCCCC(=O)[O-])C1=O. The second kappa shape index (κ2) is 8.84. The molecule has 0 N–H and O–H groups in total. The third-order valence-electron chi connectivity index (χ3n) is 3.56.